The Hall–Kier alpha value is -0.0700. The van der Waals surface area contributed by atoms with Crippen LogP contribution in [0.4, 0.5) is 4.39 Å². The maximum Gasteiger partial charge on any atom is 0.103 e. The first-order chi connectivity index (χ1) is 11.0. The second-order valence-corrected chi connectivity index (χ2v) is 8.72. The van der Waals surface area contributed by atoms with Crippen molar-refractivity contribution in [1.82, 2.24) is 0 Å². The highest BCUT2D eigenvalue weighted by Crippen LogP contribution is 2.44. The standard InChI is InChI=1S/C20H37F.C2H6/c1-14(2)5-8-16(4)19-12-11-18(13-20(19)21)17-9-6-15(3)7-10-17;1-2/h14-20H,5-13H2,1-4H3;1-2H3. The van der Waals surface area contributed by atoms with E-state index < -0.39 is 6.17 Å². The van der Waals surface area contributed by atoms with Crippen LogP contribution in [0.15, 0.2) is 0 Å². The maximum absolute atomic E-state index is 14.7. The van der Waals surface area contributed by atoms with Crippen LogP contribution in [0.25, 0.3) is 0 Å². The summed E-state index contributed by atoms with van der Waals surface area (Å²) < 4.78 is 14.7. The molecule has 0 aromatic carbocycles. The van der Waals surface area contributed by atoms with Crippen molar-refractivity contribution in [2.45, 2.75) is 106 Å². The fourth-order valence-electron chi connectivity index (χ4n) is 4.81. The van der Waals surface area contributed by atoms with Crippen molar-refractivity contribution in [3.05, 3.63) is 0 Å². The molecule has 0 aromatic rings. The smallest absolute Gasteiger partial charge is 0.103 e. The Morgan fingerprint density at radius 1 is 0.826 bits per heavy atom. The molecule has 2 fully saturated rings. The Kier molecular flexibility index (Phi) is 9.78. The van der Waals surface area contributed by atoms with Crippen LogP contribution in [-0.4, -0.2) is 6.17 Å². The van der Waals surface area contributed by atoms with Crippen LogP contribution in [0, 0.1) is 35.5 Å². The SMILES string of the molecule is CC.CC(C)CCC(C)C1CCC(C2CCC(C)CC2)CC1F. The van der Waals surface area contributed by atoms with Gasteiger partial charge in [-0.15, -0.1) is 0 Å². The van der Waals surface area contributed by atoms with Gasteiger partial charge in [0, 0.05) is 0 Å². The normalized spacial score (nSPS) is 36.3. The third-order valence-electron chi connectivity index (χ3n) is 6.52. The molecule has 0 spiro atoms. The number of rotatable bonds is 5. The number of hydrogen-bond acceptors (Lipinski definition) is 0. The summed E-state index contributed by atoms with van der Waals surface area (Å²) in [6, 6.07) is 0. The Bertz CT molecular complexity index is 290. The zero-order valence-electron chi connectivity index (χ0n) is 16.8. The van der Waals surface area contributed by atoms with Crippen molar-refractivity contribution in [3.8, 4) is 0 Å². The number of halogens is 1. The first kappa shape index (κ1) is 21.0. The fourth-order valence-corrected chi connectivity index (χ4v) is 4.81. The Labute approximate surface area is 146 Å². The van der Waals surface area contributed by atoms with Crippen LogP contribution in [0.2, 0.25) is 0 Å². The number of hydrogen-bond donors (Lipinski definition) is 0. The highest BCUT2D eigenvalue weighted by Gasteiger charge is 2.37. The van der Waals surface area contributed by atoms with Gasteiger partial charge in [0.05, 0.1) is 0 Å². The lowest BCUT2D eigenvalue weighted by Crippen LogP contribution is -2.34. The summed E-state index contributed by atoms with van der Waals surface area (Å²) in [6.07, 6.45) is 10.8. The lowest BCUT2D eigenvalue weighted by Gasteiger charge is -2.40. The first-order valence-corrected chi connectivity index (χ1v) is 10.6. The molecule has 2 saturated carbocycles. The molecule has 23 heavy (non-hydrogen) atoms. The van der Waals surface area contributed by atoms with E-state index in [1.54, 1.807) is 0 Å². The van der Waals surface area contributed by atoms with Gasteiger partial charge in [0.25, 0.3) is 0 Å². The molecule has 1 heteroatoms. The fraction of sp³-hybridized carbons (Fsp3) is 1.00. The molecule has 2 aliphatic carbocycles. The van der Waals surface area contributed by atoms with E-state index in [1.807, 2.05) is 13.8 Å². The van der Waals surface area contributed by atoms with Crippen LogP contribution in [0.5, 0.6) is 0 Å². The van der Waals surface area contributed by atoms with Gasteiger partial charge in [-0.2, -0.15) is 0 Å². The summed E-state index contributed by atoms with van der Waals surface area (Å²) in [6.45, 7) is 13.2. The topological polar surface area (TPSA) is 0 Å². The summed E-state index contributed by atoms with van der Waals surface area (Å²) >= 11 is 0. The Morgan fingerprint density at radius 3 is 1.91 bits per heavy atom. The summed E-state index contributed by atoms with van der Waals surface area (Å²) in [5, 5.41) is 0. The molecule has 0 N–H and O–H groups in total. The quantitative estimate of drug-likeness (QED) is 0.486. The van der Waals surface area contributed by atoms with Gasteiger partial charge in [-0.05, 0) is 67.6 Å². The third kappa shape index (κ3) is 6.75. The third-order valence-corrected chi connectivity index (χ3v) is 6.52. The minimum Gasteiger partial charge on any atom is -0.247 e. The minimum atomic E-state index is -0.523. The van der Waals surface area contributed by atoms with Gasteiger partial charge >= 0.3 is 0 Å². The maximum atomic E-state index is 14.7. The molecule has 0 heterocycles. The molecule has 0 aliphatic heterocycles. The molecule has 2 rings (SSSR count). The van der Waals surface area contributed by atoms with E-state index in [1.165, 1.54) is 44.9 Å². The predicted octanol–water partition coefficient (Wildman–Crippen LogP) is 7.67. The lowest BCUT2D eigenvalue weighted by atomic mass is 9.66. The minimum absolute atomic E-state index is 0.350. The second kappa shape index (κ2) is 10.7. The molecule has 0 radical (unpaired) electrons. The van der Waals surface area contributed by atoms with Crippen LogP contribution >= 0.6 is 0 Å². The molecule has 4 atom stereocenters. The van der Waals surface area contributed by atoms with Gasteiger partial charge in [-0.1, -0.05) is 67.2 Å². The number of alkyl halides is 1. The van der Waals surface area contributed by atoms with Crippen molar-refractivity contribution < 1.29 is 4.39 Å². The van der Waals surface area contributed by atoms with Crippen LogP contribution in [0.1, 0.15) is 99.3 Å². The molecule has 2 aliphatic rings. The van der Waals surface area contributed by atoms with Gasteiger partial charge in [-0.3, -0.25) is 0 Å². The zero-order chi connectivity index (χ0) is 17.4. The Balaban J connectivity index is 0.00000127. The van der Waals surface area contributed by atoms with Crippen LogP contribution < -0.4 is 0 Å². The molecule has 0 bridgehead atoms. The van der Waals surface area contributed by atoms with E-state index in [2.05, 4.69) is 27.7 Å². The Morgan fingerprint density at radius 2 is 1.39 bits per heavy atom. The average Bonchev–Trinajstić information content (AvgIpc) is 2.55. The first-order valence-electron chi connectivity index (χ1n) is 10.6. The highest BCUT2D eigenvalue weighted by molar-refractivity contribution is 4.87. The molecular weight excluding hydrogens is 283 g/mol. The van der Waals surface area contributed by atoms with Crippen LogP contribution in [-0.2, 0) is 0 Å². The molecule has 0 saturated heterocycles. The summed E-state index contributed by atoms with van der Waals surface area (Å²) in [4.78, 5) is 0. The summed E-state index contributed by atoms with van der Waals surface area (Å²) in [5.74, 6) is 4.13. The van der Waals surface area contributed by atoms with Gasteiger partial charge in [0.15, 0.2) is 0 Å². The van der Waals surface area contributed by atoms with Crippen molar-refractivity contribution in [1.29, 1.82) is 0 Å². The van der Waals surface area contributed by atoms with Crippen molar-refractivity contribution in [2.24, 2.45) is 35.5 Å². The molecule has 4 unspecified atom stereocenters. The monoisotopic (exact) mass is 326 g/mol. The van der Waals surface area contributed by atoms with E-state index in [0.29, 0.717) is 17.8 Å². The van der Waals surface area contributed by atoms with E-state index in [9.17, 15) is 4.39 Å². The van der Waals surface area contributed by atoms with E-state index in [4.69, 9.17) is 0 Å². The summed E-state index contributed by atoms with van der Waals surface area (Å²) in [7, 11) is 0. The van der Waals surface area contributed by atoms with Gasteiger partial charge in [-0.25, -0.2) is 4.39 Å². The molecule has 0 nitrogen and oxygen atoms in total. The summed E-state index contributed by atoms with van der Waals surface area (Å²) in [5.41, 5.74) is 0. The van der Waals surface area contributed by atoms with Crippen molar-refractivity contribution >= 4 is 0 Å². The zero-order valence-corrected chi connectivity index (χ0v) is 16.8. The van der Waals surface area contributed by atoms with E-state index in [0.717, 1.165) is 30.6 Å². The van der Waals surface area contributed by atoms with E-state index >= 15 is 0 Å². The lowest BCUT2D eigenvalue weighted by molar-refractivity contribution is 0.0503. The van der Waals surface area contributed by atoms with E-state index in [-0.39, 0.29) is 0 Å². The second-order valence-electron chi connectivity index (χ2n) is 8.72. The van der Waals surface area contributed by atoms with Crippen molar-refractivity contribution in [3.63, 3.8) is 0 Å². The molecular formula is C22H43F. The molecule has 0 amide bonds. The van der Waals surface area contributed by atoms with Gasteiger partial charge in [0.2, 0.25) is 0 Å². The van der Waals surface area contributed by atoms with Crippen molar-refractivity contribution in [2.75, 3.05) is 0 Å². The molecule has 0 aromatic heterocycles. The predicted molar refractivity (Wildman–Crippen MR) is 101 cm³/mol. The van der Waals surface area contributed by atoms with Gasteiger partial charge < -0.3 is 0 Å². The largest absolute Gasteiger partial charge is 0.247 e. The van der Waals surface area contributed by atoms with Crippen LogP contribution in [0.3, 0.4) is 0 Å². The highest BCUT2D eigenvalue weighted by atomic mass is 19.1. The average molecular weight is 327 g/mol. The van der Waals surface area contributed by atoms with Gasteiger partial charge in [0.1, 0.15) is 6.17 Å². The molecule has 138 valence electrons.